The van der Waals surface area contributed by atoms with Gasteiger partial charge in [-0.2, -0.15) is 0 Å². The Labute approximate surface area is 201 Å². The van der Waals surface area contributed by atoms with Crippen molar-refractivity contribution >= 4 is 47.4 Å². The first-order valence-corrected chi connectivity index (χ1v) is 10.7. The minimum absolute atomic E-state index is 0. The lowest BCUT2D eigenvalue weighted by atomic mass is 10.1. The summed E-state index contributed by atoms with van der Waals surface area (Å²) >= 11 is 6.11. The van der Waals surface area contributed by atoms with Gasteiger partial charge in [-0.05, 0) is 30.5 Å². The van der Waals surface area contributed by atoms with Crippen molar-refractivity contribution in [1.29, 1.82) is 0 Å². The number of benzene rings is 1. The van der Waals surface area contributed by atoms with Crippen LogP contribution < -0.4 is 5.32 Å². The highest BCUT2D eigenvalue weighted by Gasteiger charge is 2.25. The number of ether oxygens (including phenoxy) is 1. The minimum Gasteiger partial charge on any atom is -0.375 e. The van der Waals surface area contributed by atoms with Gasteiger partial charge in [0.1, 0.15) is 0 Å². The zero-order chi connectivity index (χ0) is 20.6. The first-order chi connectivity index (χ1) is 14.1. The van der Waals surface area contributed by atoms with Crippen molar-refractivity contribution in [2.75, 3.05) is 66.5 Å². The topological polar surface area (TPSA) is 60.4 Å². The second-order valence-corrected chi connectivity index (χ2v) is 7.99. The van der Waals surface area contributed by atoms with Gasteiger partial charge in [-0.3, -0.25) is 14.7 Å². The number of hydrogen-bond acceptors (Lipinski definition) is 4. The highest BCUT2D eigenvalue weighted by molar-refractivity contribution is 14.0. The summed E-state index contributed by atoms with van der Waals surface area (Å²) in [4.78, 5) is 23.3. The number of carbonyl (C=O) groups is 1. The van der Waals surface area contributed by atoms with E-state index in [9.17, 15) is 4.79 Å². The maximum atomic E-state index is 12.4. The molecule has 30 heavy (non-hydrogen) atoms. The lowest BCUT2D eigenvalue weighted by molar-refractivity contribution is -0.131. The molecule has 3 rings (SSSR count). The molecule has 168 valence electrons. The molecule has 0 aromatic heterocycles. The molecule has 1 N–H and O–H groups in total. The number of guanidine groups is 1. The second-order valence-electron chi connectivity index (χ2n) is 7.56. The smallest absolute Gasteiger partial charge is 0.236 e. The number of nitrogens with zero attached hydrogens (tertiary/aromatic N) is 4. The van der Waals surface area contributed by atoms with Crippen LogP contribution in [0.15, 0.2) is 29.3 Å². The molecule has 1 aromatic carbocycles. The number of carbonyl (C=O) groups excluding carboxylic acids is 1. The number of aliphatic imine (C=N–C) groups is 1. The molecule has 2 fully saturated rings. The van der Waals surface area contributed by atoms with Gasteiger partial charge in [0.05, 0.1) is 12.6 Å². The van der Waals surface area contributed by atoms with Crippen LogP contribution in [0.2, 0.25) is 5.02 Å². The molecule has 0 radical (unpaired) electrons. The van der Waals surface area contributed by atoms with Crippen LogP contribution in [-0.4, -0.2) is 93.1 Å². The SMILES string of the molecule is CN=C(NCC(OC)c1cccc(Cl)c1)N1CCN(CC(=O)N2CCCC2)CC1.I. The molecule has 9 heteroatoms. The highest BCUT2D eigenvalue weighted by Crippen LogP contribution is 2.20. The van der Waals surface area contributed by atoms with Crippen LogP contribution in [0.4, 0.5) is 0 Å². The van der Waals surface area contributed by atoms with Gasteiger partial charge in [0.2, 0.25) is 5.91 Å². The monoisotopic (exact) mass is 549 g/mol. The van der Waals surface area contributed by atoms with Crippen LogP contribution in [-0.2, 0) is 9.53 Å². The summed E-state index contributed by atoms with van der Waals surface area (Å²) in [6.07, 6.45) is 2.17. The van der Waals surface area contributed by atoms with Gasteiger partial charge < -0.3 is 19.9 Å². The van der Waals surface area contributed by atoms with Gasteiger partial charge in [0.15, 0.2) is 5.96 Å². The number of rotatable bonds is 6. The fourth-order valence-electron chi connectivity index (χ4n) is 3.94. The maximum Gasteiger partial charge on any atom is 0.236 e. The third-order valence-corrected chi connectivity index (χ3v) is 5.89. The van der Waals surface area contributed by atoms with Crippen LogP contribution in [0.1, 0.15) is 24.5 Å². The normalized spacial score (nSPS) is 18.8. The molecule has 1 aromatic rings. The lowest BCUT2D eigenvalue weighted by Crippen LogP contribution is -2.54. The first kappa shape index (κ1) is 25.2. The zero-order valence-electron chi connectivity index (χ0n) is 17.8. The van der Waals surface area contributed by atoms with Gasteiger partial charge in [-0.25, -0.2) is 0 Å². The lowest BCUT2D eigenvalue weighted by Gasteiger charge is -2.37. The van der Waals surface area contributed by atoms with E-state index in [1.807, 2.05) is 29.2 Å². The van der Waals surface area contributed by atoms with E-state index in [-0.39, 0.29) is 36.0 Å². The molecule has 2 saturated heterocycles. The highest BCUT2D eigenvalue weighted by atomic mass is 127. The summed E-state index contributed by atoms with van der Waals surface area (Å²) in [5.74, 6) is 1.13. The maximum absolute atomic E-state index is 12.4. The number of hydrogen-bond donors (Lipinski definition) is 1. The van der Waals surface area contributed by atoms with Crippen molar-refractivity contribution in [3.05, 3.63) is 34.9 Å². The largest absolute Gasteiger partial charge is 0.375 e. The fourth-order valence-corrected chi connectivity index (χ4v) is 4.13. The number of amides is 1. The van der Waals surface area contributed by atoms with Crippen molar-refractivity contribution in [3.8, 4) is 0 Å². The third kappa shape index (κ3) is 6.96. The summed E-state index contributed by atoms with van der Waals surface area (Å²) in [5.41, 5.74) is 1.04. The molecule has 1 amide bonds. The number of methoxy groups -OCH3 is 1. The van der Waals surface area contributed by atoms with Crippen molar-refractivity contribution in [1.82, 2.24) is 20.0 Å². The van der Waals surface area contributed by atoms with Gasteiger partial charge in [0.25, 0.3) is 0 Å². The van der Waals surface area contributed by atoms with Crippen molar-refractivity contribution in [3.63, 3.8) is 0 Å². The second kappa shape index (κ2) is 12.7. The Morgan fingerprint density at radius 3 is 2.47 bits per heavy atom. The molecule has 1 unspecified atom stereocenters. The summed E-state index contributed by atoms with van der Waals surface area (Å²) in [6.45, 7) is 6.40. The molecular weight excluding hydrogens is 517 g/mol. The van der Waals surface area contributed by atoms with Crippen molar-refractivity contribution in [2.45, 2.75) is 18.9 Å². The molecule has 0 aliphatic carbocycles. The molecule has 0 saturated carbocycles. The summed E-state index contributed by atoms with van der Waals surface area (Å²) in [6, 6.07) is 7.73. The van der Waals surface area contributed by atoms with E-state index < -0.39 is 0 Å². The van der Waals surface area contributed by atoms with Crippen molar-refractivity contribution < 1.29 is 9.53 Å². The van der Waals surface area contributed by atoms with Gasteiger partial charge in [-0.1, -0.05) is 23.7 Å². The number of nitrogens with one attached hydrogen (secondary N) is 1. The summed E-state index contributed by atoms with van der Waals surface area (Å²) < 4.78 is 5.64. The Hall–Kier alpha value is -1.10. The Bertz CT molecular complexity index is 706. The molecule has 0 spiro atoms. The predicted molar refractivity (Wildman–Crippen MR) is 132 cm³/mol. The van der Waals surface area contributed by atoms with Crippen LogP contribution in [0.25, 0.3) is 0 Å². The van der Waals surface area contributed by atoms with Crippen LogP contribution in [0.3, 0.4) is 0 Å². The van der Waals surface area contributed by atoms with Gasteiger partial charge >= 0.3 is 0 Å². The fraction of sp³-hybridized carbons (Fsp3) is 0.619. The molecule has 2 aliphatic heterocycles. The third-order valence-electron chi connectivity index (χ3n) is 5.65. The number of piperazine rings is 1. The van der Waals surface area contributed by atoms with Gasteiger partial charge in [0, 0.05) is 65.0 Å². The molecule has 2 aliphatic rings. The zero-order valence-corrected chi connectivity index (χ0v) is 20.9. The summed E-state index contributed by atoms with van der Waals surface area (Å²) in [5, 5.41) is 4.12. The van der Waals surface area contributed by atoms with E-state index in [0.717, 1.165) is 63.6 Å². The number of likely N-dealkylation sites (tertiary alicyclic amines) is 1. The molecular formula is C21H33ClIN5O2. The van der Waals surface area contributed by atoms with E-state index in [4.69, 9.17) is 16.3 Å². The van der Waals surface area contributed by atoms with Crippen molar-refractivity contribution in [2.24, 2.45) is 4.99 Å². The predicted octanol–water partition coefficient (Wildman–Crippen LogP) is 2.46. The Morgan fingerprint density at radius 2 is 1.87 bits per heavy atom. The quantitative estimate of drug-likeness (QED) is 0.336. The van der Waals surface area contributed by atoms with E-state index in [1.165, 1.54) is 0 Å². The molecule has 1 atom stereocenters. The minimum atomic E-state index is -0.107. The first-order valence-electron chi connectivity index (χ1n) is 10.3. The molecule has 7 nitrogen and oxygen atoms in total. The Balaban J connectivity index is 0.00000320. The van der Waals surface area contributed by atoms with Crippen LogP contribution in [0.5, 0.6) is 0 Å². The van der Waals surface area contributed by atoms with E-state index in [0.29, 0.717) is 18.1 Å². The van der Waals surface area contributed by atoms with Crippen LogP contribution in [0, 0.1) is 0 Å². The van der Waals surface area contributed by atoms with E-state index in [1.54, 1.807) is 14.2 Å². The average molecular weight is 550 g/mol. The van der Waals surface area contributed by atoms with Crippen LogP contribution >= 0.6 is 35.6 Å². The standard InChI is InChI=1S/C21H32ClN5O2.HI/c1-23-21(24-15-19(29-2)17-6-5-7-18(22)14-17)27-12-10-25(11-13-27)16-20(28)26-8-3-4-9-26;/h5-7,14,19H,3-4,8-13,15-16H2,1-2H3,(H,23,24);1H. The number of halogens is 2. The molecule has 2 heterocycles. The average Bonchev–Trinajstić information content (AvgIpc) is 3.27. The summed E-state index contributed by atoms with van der Waals surface area (Å²) in [7, 11) is 3.50. The Morgan fingerprint density at radius 1 is 1.17 bits per heavy atom. The van der Waals surface area contributed by atoms with Gasteiger partial charge in [-0.15, -0.1) is 24.0 Å². The van der Waals surface area contributed by atoms with E-state index >= 15 is 0 Å². The molecule has 0 bridgehead atoms. The Kier molecular flexibility index (Phi) is 10.6. The van der Waals surface area contributed by atoms with E-state index in [2.05, 4.69) is 20.1 Å².